The molecule has 9 nitrogen and oxygen atoms in total. The van der Waals surface area contributed by atoms with E-state index in [9.17, 15) is 4.79 Å². The van der Waals surface area contributed by atoms with Crippen LogP contribution in [0.25, 0.3) is 11.0 Å². The minimum absolute atomic E-state index is 0.0609. The molecule has 4 heterocycles. The first-order chi connectivity index (χ1) is 14.7. The van der Waals surface area contributed by atoms with Crippen molar-refractivity contribution < 1.29 is 14.3 Å². The Morgan fingerprint density at radius 2 is 1.97 bits per heavy atom. The maximum Gasteiger partial charge on any atom is 0.246 e. The largest absolute Gasteiger partial charge is 0.486 e. The van der Waals surface area contributed by atoms with Gasteiger partial charge in [0.2, 0.25) is 5.91 Å². The first-order valence-corrected chi connectivity index (χ1v) is 10.3. The first kappa shape index (κ1) is 18.7. The summed E-state index contributed by atoms with van der Waals surface area (Å²) in [5, 5.41) is 8.16. The van der Waals surface area contributed by atoms with Crippen LogP contribution in [0.15, 0.2) is 30.7 Å². The summed E-state index contributed by atoms with van der Waals surface area (Å²) < 4.78 is 12.7. The molecule has 156 valence electrons. The van der Waals surface area contributed by atoms with Crippen molar-refractivity contribution >= 4 is 28.4 Å². The summed E-state index contributed by atoms with van der Waals surface area (Å²) in [7, 11) is 0. The maximum absolute atomic E-state index is 12.6. The molecule has 2 aromatic heterocycles. The van der Waals surface area contributed by atoms with Gasteiger partial charge in [0.25, 0.3) is 0 Å². The number of hydrogen-bond acceptors (Lipinski definition) is 7. The molecule has 1 amide bonds. The Morgan fingerprint density at radius 1 is 1.17 bits per heavy atom. The second kappa shape index (κ2) is 7.81. The molecule has 0 spiro atoms. The fourth-order valence-corrected chi connectivity index (χ4v) is 3.93. The van der Waals surface area contributed by atoms with Crippen LogP contribution in [0.2, 0.25) is 0 Å². The van der Waals surface area contributed by atoms with Crippen molar-refractivity contribution in [2.45, 2.75) is 26.3 Å². The summed E-state index contributed by atoms with van der Waals surface area (Å²) in [6.45, 7) is 5.33. The van der Waals surface area contributed by atoms with E-state index in [1.54, 1.807) is 35.4 Å². The monoisotopic (exact) mass is 408 g/mol. The molecule has 1 N–H and O–H groups in total. The van der Waals surface area contributed by atoms with E-state index in [1.807, 2.05) is 0 Å². The number of amides is 1. The molecule has 3 aromatic rings. The van der Waals surface area contributed by atoms with Crippen LogP contribution in [-0.4, -0.2) is 52.0 Å². The first-order valence-electron chi connectivity index (χ1n) is 10.3. The number of ether oxygens (including phenoxy) is 2. The third-order valence-corrected chi connectivity index (χ3v) is 5.62. The Labute approximate surface area is 174 Å². The highest BCUT2D eigenvalue weighted by Gasteiger charge is 2.21. The Kier molecular flexibility index (Phi) is 4.86. The van der Waals surface area contributed by atoms with Crippen molar-refractivity contribution in [2.75, 3.05) is 36.5 Å². The highest BCUT2D eigenvalue weighted by Crippen LogP contribution is 2.32. The molecule has 0 saturated carbocycles. The van der Waals surface area contributed by atoms with Crippen LogP contribution in [0, 0.1) is 5.92 Å². The predicted octanol–water partition coefficient (Wildman–Crippen LogP) is 2.47. The summed E-state index contributed by atoms with van der Waals surface area (Å²) in [6.07, 6.45) is 5.60. The number of benzene rings is 1. The zero-order chi connectivity index (χ0) is 20.5. The zero-order valence-corrected chi connectivity index (χ0v) is 16.9. The molecule has 0 radical (unpaired) electrons. The van der Waals surface area contributed by atoms with Gasteiger partial charge in [0.15, 0.2) is 17.1 Å². The van der Waals surface area contributed by atoms with Gasteiger partial charge in [-0.1, -0.05) is 6.92 Å². The fourth-order valence-electron chi connectivity index (χ4n) is 3.93. The predicted molar refractivity (Wildman–Crippen MR) is 112 cm³/mol. The number of hydrogen-bond donors (Lipinski definition) is 1. The summed E-state index contributed by atoms with van der Waals surface area (Å²) in [5.41, 5.74) is 1.31. The SMILES string of the molecule is CC1CCN(c2ncnc3c2cnn3CC(=O)Nc2ccc3c(c2)OCCO3)CC1. The van der Waals surface area contributed by atoms with Gasteiger partial charge >= 0.3 is 0 Å². The van der Waals surface area contributed by atoms with Gasteiger partial charge in [-0.2, -0.15) is 5.10 Å². The van der Waals surface area contributed by atoms with Gasteiger partial charge < -0.3 is 19.7 Å². The van der Waals surface area contributed by atoms with Crippen LogP contribution in [0.5, 0.6) is 11.5 Å². The number of fused-ring (bicyclic) bond motifs is 2. The molecule has 0 aliphatic carbocycles. The lowest BCUT2D eigenvalue weighted by Gasteiger charge is -2.31. The third-order valence-electron chi connectivity index (χ3n) is 5.62. The topological polar surface area (TPSA) is 94.4 Å². The molecule has 9 heteroatoms. The second-order valence-corrected chi connectivity index (χ2v) is 7.81. The lowest BCUT2D eigenvalue weighted by Crippen LogP contribution is -2.33. The molecular weight excluding hydrogens is 384 g/mol. The van der Waals surface area contributed by atoms with Crippen molar-refractivity contribution in [3.05, 3.63) is 30.7 Å². The molecule has 0 unspecified atom stereocenters. The molecule has 1 saturated heterocycles. The number of carbonyl (C=O) groups is 1. The minimum atomic E-state index is -0.191. The van der Waals surface area contributed by atoms with Gasteiger partial charge in [0.05, 0.1) is 11.6 Å². The Balaban J connectivity index is 1.32. The van der Waals surface area contributed by atoms with Crippen LogP contribution >= 0.6 is 0 Å². The molecular formula is C21H24N6O3. The standard InChI is InChI=1S/C21H24N6O3/c1-14-4-6-26(7-5-14)20-16-11-24-27(21(16)23-13-22-20)12-19(28)25-15-2-3-17-18(10-15)30-9-8-29-17/h2-3,10-11,13-14H,4-9,12H2,1H3,(H,25,28). The number of piperidine rings is 1. The molecule has 0 atom stereocenters. The highest BCUT2D eigenvalue weighted by atomic mass is 16.6. The number of nitrogens with zero attached hydrogens (tertiary/aromatic N) is 5. The number of anilines is 2. The van der Waals surface area contributed by atoms with Gasteiger partial charge in [-0.15, -0.1) is 0 Å². The van der Waals surface area contributed by atoms with Crippen molar-refractivity contribution in [3.8, 4) is 11.5 Å². The average molecular weight is 408 g/mol. The van der Waals surface area contributed by atoms with E-state index in [0.29, 0.717) is 36.0 Å². The number of nitrogens with one attached hydrogen (secondary N) is 1. The molecule has 1 aromatic carbocycles. The number of rotatable bonds is 4. The van der Waals surface area contributed by atoms with Crippen LogP contribution < -0.4 is 19.7 Å². The highest BCUT2D eigenvalue weighted by molar-refractivity contribution is 5.93. The van der Waals surface area contributed by atoms with E-state index in [2.05, 4.69) is 32.2 Å². The summed E-state index contributed by atoms with van der Waals surface area (Å²) in [5.74, 6) is 2.77. The van der Waals surface area contributed by atoms with Crippen LogP contribution in [0.1, 0.15) is 19.8 Å². The summed E-state index contributed by atoms with van der Waals surface area (Å²) in [6, 6.07) is 5.36. The lowest BCUT2D eigenvalue weighted by molar-refractivity contribution is -0.116. The molecule has 0 bridgehead atoms. The minimum Gasteiger partial charge on any atom is -0.486 e. The van der Waals surface area contributed by atoms with Crippen LogP contribution in [0.4, 0.5) is 11.5 Å². The van der Waals surface area contributed by atoms with E-state index in [1.165, 1.54) is 0 Å². The van der Waals surface area contributed by atoms with Crippen molar-refractivity contribution in [3.63, 3.8) is 0 Å². The average Bonchev–Trinajstić information content (AvgIpc) is 3.17. The molecule has 2 aliphatic heterocycles. The van der Waals surface area contributed by atoms with Gasteiger partial charge in [-0.05, 0) is 30.9 Å². The van der Waals surface area contributed by atoms with Crippen molar-refractivity contribution in [1.29, 1.82) is 0 Å². The van der Waals surface area contributed by atoms with E-state index in [-0.39, 0.29) is 12.5 Å². The van der Waals surface area contributed by atoms with Crippen LogP contribution in [0.3, 0.4) is 0 Å². The number of aromatic nitrogens is 4. The Hall–Kier alpha value is -3.36. The Morgan fingerprint density at radius 3 is 2.80 bits per heavy atom. The molecule has 2 aliphatic rings. The van der Waals surface area contributed by atoms with E-state index < -0.39 is 0 Å². The lowest BCUT2D eigenvalue weighted by atomic mass is 9.99. The molecule has 30 heavy (non-hydrogen) atoms. The van der Waals surface area contributed by atoms with Gasteiger partial charge in [0, 0.05) is 24.8 Å². The Bertz CT molecular complexity index is 1070. The van der Waals surface area contributed by atoms with Crippen molar-refractivity contribution in [1.82, 2.24) is 19.7 Å². The second-order valence-electron chi connectivity index (χ2n) is 7.81. The van der Waals surface area contributed by atoms with Gasteiger partial charge in [-0.25, -0.2) is 14.6 Å². The number of carbonyl (C=O) groups excluding carboxylic acids is 1. The zero-order valence-electron chi connectivity index (χ0n) is 16.9. The molecule has 5 rings (SSSR count). The van der Waals surface area contributed by atoms with Gasteiger partial charge in [-0.3, -0.25) is 4.79 Å². The van der Waals surface area contributed by atoms with Crippen molar-refractivity contribution in [2.24, 2.45) is 5.92 Å². The van der Waals surface area contributed by atoms with E-state index >= 15 is 0 Å². The van der Waals surface area contributed by atoms with Gasteiger partial charge in [0.1, 0.15) is 31.9 Å². The fraction of sp³-hybridized carbons (Fsp3) is 0.429. The third kappa shape index (κ3) is 3.62. The molecule has 1 fully saturated rings. The van der Waals surface area contributed by atoms with E-state index in [4.69, 9.17) is 9.47 Å². The quantitative estimate of drug-likeness (QED) is 0.709. The van der Waals surface area contributed by atoms with E-state index in [0.717, 1.165) is 43.1 Å². The maximum atomic E-state index is 12.6. The van der Waals surface area contributed by atoms with Crippen LogP contribution in [-0.2, 0) is 11.3 Å². The normalized spacial score (nSPS) is 16.6. The summed E-state index contributed by atoms with van der Waals surface area (Å²) in [4.78, 5) is 23.8. The smallest absolute Gasteiger partial charge is 0.246 e. The summed E-state index contributed by atoms with van der Waals surface area (Å²) >= 11 is 0.